The molecule has 0 saturated heterocycles. The van der Waals surface area contributed by atoms with Crippen LogP contribution in [-0.2, 0) is 4.79 Å². The maximum atomic E-state index is 11.0. The average molecular weight is 303 g/mol. The molecular weight excluding hydrogens is 293 g/mol. The number of carboxylic acid groups (broad SMARTS) is 1. The minimum atomic E-state index is -0.992. The molecule has 2 N–H and O–H groups in total. The third-order valence-electron chi connectivity index (χ3n) is 1.93. The Labute approximate surface area is 107 Å². The van der Waals surface area contributed by atoms with Gasteiger partial charge in [-0.25, -0.2) is 0 Å². The van der Waals surface area contributed by atoms with Crippen molar-refractivity contribution in [2.24, 2.45) is 0 Å². The van der Waals surface area contributed by atoms with Crippen molar-refractivity contribution in [1.29, 1.82) is 0 Å². The van der Waals surface area contributed by atoms with Gasteiger partial charge in [0.15, 0.2) is 0 Å². The van der Waals surface area contributed by atoms with E-state index < -0.39 is 12.0 Å². The monoisotopic (exact) mass is 301 g/mol. The first-order valence-electron chi connectivity index (χ1n) is 4.41. The van der Waals surface area contributed by atoms with E-state index in [9.17, 15) is 4.79 Å². The molecule has 0 aromatic heterocycles. The Hall–Kier alpha value is -1.02. The molecular formula is C11H9BrClNO2. The largest absolute Gasteiger partial charge is 0.480 e. The second-order valence-corrected chi connectivity index (χ2v) is 4.29. The number of nitrogens with one attached hydrogen (secondary N) is 1. The van der Waals surface area contributed by atoms with E-state index in [0.29, 0.717) is 10.6 Å². The van der Waals surface area contributed by atoms with E-state index in [1.54, 1.807) is 18.2 Å². The van der Waals surface area contributed by atoms with E-state index in [2.05, 4.69) is 27.2 Å². The summed E-state index contributed by atoms with van der Waals surface area (Å²) >= 11 is 9.12. The lowest BCUT2D eigenvalue weighted by atomic mass is 10.1. The zero-order valence-corrected chi connectivity index (χ0v) is 10.5. The van der Waals surface area contributed by atoms with Gasteiger partial charge in [-0.2, -0.15) is 0 Å². The first-order valence-corrected chi connectivity index (χ1v) is 5.58. The van der Waals surface area contributed by atoms with Gasteiger partial charge in [0.05, 0.1) is 11.6 Å². The molecule has 0 fully saturated rings. The number of carbonyl (C=O) groups is 1. The zero-order valence-electron chi connectivity index (χ0n) is 8.21. The number of benzene rings is 1. The molecule has 0 heterocycles. The van der Waals surface area contributed by atoms with E-state index in [0.717, 1.165) is 4.47 Å². The van der Waals surface area contributed by atoms with E-state index in [1.165, 1.54) is 0 Å². The van der Waals surface area contributed by atoms with Crippen LogP contribution in [0.15, 0.2) is 22.7 Å². The summed E-state index contributed by atoms with van der Waals surface area (Å²) in [5.74, 6) is 1.34. The highest BCUT2D eigenvalue weighted by Gasteiger charge is 2.19. The van der Waals surface area contributed by atoms with Crippen LogP contribution in [0.25, 0.3) is 0 Å². The number of rotatable bonds is 4. The highest BCUT2D eigenvalue weighted by Crippen LogP contribution is 2.26. The molecule has 0 aliphatic heterocycles. The lowest BCUT2D eigenvalue weighted by molar-refractivity contribution is -0.139. The third kappa shape index (κ3) is 3.24. The Morgan fingerprint density at radius 1 is 1.69 bits per heavy atom. The van der Waals surface area contributed by atoms with Gasteiger partial charge in [-0.1, -0.05) is 23.6 Å². The quantitative estimate of drug-likeness (QED) is 0.840. The molecule has 5 heteroatoms. The molecule has 0 saturated carbocycles. The van der Waals surface area contributed by atoms with Gasteiger partial charge in [-0.3, -0.25) is 10.1 Å². The van der Waals surface area contributed by atoms with Gasteiger partial charge in [0, 0.05) is 4.47 Å². The molecule has 16 heavy (non-hydrogen) atoms. The standard InChI is InChI=1S/C11H9BrClNO2/c1-2-5-14-10(11(15)16)7-3-4-8(12)9(13)6-7/h1,3-4,6,10,14H,5H2,(H,15,16). The Morgan fingerprint density at radius 3 is 2.88 bits per heavy atom. The van der Waals surface area contributed by atoms with Crippen LogP contribution in [0, 0.1) is 12.3 Å². The molecule has 1 unspecified atom stereocenters. The molecule has 84 valence electrons. The Bertz CT molecular complexity index is 442. The molecule has 0 aliphatic carbocycles. The minimum Gasteiger partial charge on any atom is -0.480 e. The van der Waals surface area contributed by atoms with Gasteiger partial charge in [0.25, 0.3) is 0 Å². The molecule has 0 bridgehead atoms. The summed E-state index contributed by atoms with van der Waals surface area (Å²) in [5, 5.41) is 12.2. The highest BCUT2D eigenvalue weighted by atomic mass is 79.9. The maximum absolute atomic E-state index is 11.0. The number of carboxylic acids is 1. The molecule has 1 rings (SSSR count). The molecule has 1 aromatic carbocycles. The lowest BCUT2D eigenvalue weighted by Gasteiger charge is -2.13. The maximum Gasteiger partial charge on any atom is 0.325 e. The molecule has 0 amide bonds. The van der Waals surface area contributed by atoms with E-state index in [1.807, 2.05) is 0 Å². The molecule has 0 spiro atoms. The van der Waals surface area contributed by atoms with Crippen LogP contribution in [0.3, 0.4) is 0 Å². The highest BCUT2D eigenvalue weighted by molar-refractivity contribution is 9.10. The van der Waals surface area contributed by atoms with E-state index >= 15 is 0 Å². The van der Waals surface area contributed by atoms with Gasteiger partial charge in [-0.15, -0.1) is 6.42 Å². The first kappa shape index (κ1) is 13.0. The normalized spacial score (nSPS) is 11.8. The van der Waals surface area contributed by atoms with E-state index in [4.69, 9.17) is 23.1 Å². The number of hydrogen-bond acceptors (Lipinski definition) is 2. The number of hydrogen-bond donors (Lipinski definition) is 2. The number of terminal acetylenes is 1. The summed E-state index contributed by atoms with van der Waals surface area (Å²) in [7, 11) is 0. The fourth-order valence-corrected chi connectivity index (χ4v) is 1.64. The summed E-state index contributed by atoms with van der Waals surface area (Å²) in [6.45, 7) is 0.185. The number of aliphatic carboxylic acids is 1. The smallest absolute Gasteiger partial charge is 0.325 e. The van der Waals surface area contributed by atoms with Crippen LogP contribution < -0.4 is 5.32 Å². The average Bonchev–Trinajstić information content (AvgIpc) is 2.23. The summed E-state index contributed by atoms with van der Waals surface area (Å²) in [5.41, 5.74) is 0.566. The first-order chi connectivity index (χ1) is 7.56. The fraction of sp³-hybridized carbons (Fsp3) is 0.182. The van der Waals surface area contributed by atoms with Crippen LogP contribution in [0.4, 0.5) is 0 Å². The summed E-state index contributed by atoms with van der Waals surface area (Å²) in [6, 6.07) is 4.12. The van der Waals surface area contributed by atoms with Crippen molar-refractivity contribution >= 4 is 33.5 Å². The van der Waals surface area contributed by atoms with Crippen molar-refractivity contribution in [3.8, 4) is 12.3 Å². The van der Waals surface area contributed by atoms with Crippen molar-refractivity contribution in [2.75, 3.05) is 6.54 Å². The minimum absolute atomic E-state index is 0.185. The lowest BCUT2D eigenvalue weighted by Crippen LogP contribution is -2.28. The van der Waals surface area contributed by atoms with Crippen LogP contribution in [0.2, 0.25) is 5.02 Å². The summed E-state index contributed by atoms with van der Waals surface area (Å²) in [6.07, 6.45) is 5.07. The Kier molecular flexibility index (Phi) is 4.81. The Morgan fingerprint density at radius 2 is 2.38 bits per heavy atom. The topological polar surface area (TPSA) is 49.3 Å². The van der Waals surface area contributed by atoms with Gasteiger partial charge >= 0.3 is 5.97 Å². The number of halogens is 2. The fourth-order valence-electron chi connectivity index (χ4n) is 1.20. The Balaban J connectivity index is 2.97. The van der Waals surface area contributed by atoms with Gasteiger partial charge < -0.3 is 5.11 Å². The van der Waals surface area contributed by atoms with E-state index in [-0.39, 0.29) is 6.54 Å². The van der Waals surface area contributed by atoms with Crippen LogP contribution >= 0.6 is 27.5 Å². The third-order valence-corrected chi connectivity index (χ3v) is 3.16. The molecule has 1 atom stereocenters. The summed E-state index contributed by atoms with van der Waals surface area (Å²) < 4.78 is 0.721. The van der Waals surface area contributed by atoms with Gasteiger partial charge in [-0.05, 0) is 33.6 Å². The summed E-state index contributed by atoms with van der Waals surface area (Å²) in [4.78, 5) is 11.0. The molecule has 0 aliphatic rings. The van der Waals surface area contributed by atoms with Gasteiger partial charge in [0.2, 0.25) is 0 Å². The second-order valence-electron chi connectivity index (χ2n) is 3.03. The van der Waals surface area contributed by atoms with Crippen molar-refractivity contribution in [2.45, 2.75) is 6.04 Å². The molecule has 1 aromatic rings. The van der Waals surface area contributed by atoms with Crippen molar-refractivity contribution in [3.05, 3.63) is 33.3 Å². The van der Waals surface area contributed by atoms with Crippen molar-refractivity contribution in [3.63, 3.8) is 0 Å². The van der Waals surface area contributed by atoms with Gasteiger partial charge in [0.1, 0.15) is 6.04 Å². The predicted octanol–water partition coefficient (Wildman–Crippen LogP) is 2.45. The SMILES string of the molecule is C#CCNC(C(=O)O)c1ccc(Br)c(Cl)c1. The van der Waals surface area contributed by atoms with Crippen molar-refractivity contribution in [1.82, 2.24) is 5.32 Å². The van der Waals surface area contributed by atoms with Crippen LogP contribution in [0.1, 0.15) is 11.6 Å². The molecule has 0 radical (unpaired) electrons. The van der Waals surface area contributed by atoms with Crippen LogP contribution in [-0.4, -0.2) is 17.6 Å². The predicted molar refractivity (Wildman–Crippen MR) is 66.4 cm³/mol. The van der Waals surface area contributed by atoms with Crippen LogP contribution in [0.5, 0.6) is 0 Å². The van der Waals surface area contributed by atoms with Crippen molar-refractivity contribution < 1.29 is 9.90 Å². The second kappa shape index (κ2) is 5.90. The zero-order chi connectivity index (χ0) is 12.1. The molecule has 3 nitrogen and oxygen atoms in total.